The van der Waals surface area contributed by atoms with Gasteiger partial charge >= 0.3 is 0 Å². The van der Waals surface area contributed by atoms with Crippen LogP contribution in [0.25, 0.3) is 0 Å². The first-order valence-corrected chi connectivity index (χ1v) is 4.05. The van der Waals surface area contributed by atoms with Crippen molar-refractivity contribution < 1.29 is 0 Å². The normalized spacial score (nSPS) is 10.2. The molecule has 12 heavy (non-hydrogen) atoms. The van der Waals surface area contributed by atoms with E-state index in [-0.39, 0.29) is 0 Å². The summed E-state index contributed by atoms with van der Waals surface area (Å²) in [4.78, 5) is 0. The van der Waals surface area contributed by atoms with Gasteiger partial charge in [0.05, 0.1) is 0 Å². The fourth-order valence-electron chi connectivity index (χ4n) is 0.954. The van der Waals surface area contributed by atoms with E-state index in [4.69, 9.17) is 0 Å². The Morgan fingerprint density at radius 1 is 0.917 bits per heavy atom. The summed E-state index contributed by atoms with van der Waals surface area (Å²) in [6.45, 7) is 13.6. The minimum atomic E-state index is 0.844. The highest BCUT2D eigenvalue weighted by Gasteiger charge is 2.04. The number of hydrazine groups is 1. The van der Waals surface area contributed by atoms with Gasteiger partial charge in [-0.3, -0.25) is 0 Å². The van der Waals surface area contributed by atoms with Crippen molar-refractivity contribution in [2.24, 2.45) is 0 Å². The maximum absolute atomic E-state index is 3.70. The van der Waals surface area contributed by atoms with Crippen LogP contribution >= 0.6 is 0 Å². The van der Waals surface area contributed by atoms with Gasteiger partial charge in [0, 0.05) is 26.7 Å². The van der Waals surface area contributed by atoms with E-state index in [2.05, 4.69) is 29.8 Å². The molecule has 0 aliphatic rings. The van der Waals surface area contributed by atoms with Crippen LogP contribution in [-0.2, 0) is 0 Å². The monoisotopic (exact) mass is 166 g/mol. The Bertz CT molecular complexity index is 142. The minimum absolute atomic E-state index is 0.844. The third-order valence-electron chi connectivity index (χ3n) is 1.56. The molecule has 0 heterocycles. The van der Waals surface area contributed by atoms with E-state index in [0.29, 0.717) is 0 Å². The topological polar surface area (TPSA) is 6.48 Å². The van der Waals surface area contributed by atoms with Gasteiger partial charge in [-0.1, -0.05) is 18.2 Å². The molecule has 0 aliphatic carbocycles. The van der Waals surface area contributed by atoms with E-state index >= 15 is 0 Å². The number of hydrogen-bond donors (Lipinski definition) is 0. The average Bonchev–Trinajstić information content (AvgIpc) is 2.04. The van der Waals surface area contributed by atoms with Crippen LogP contribution in [0.3, 0.4) is 0 Å². The fraction of sp³-hybridized carbons (Fsp3) is 0.400. The minimum Gasteiger partial charge on any atom is -0.240 e. The summed E-state index contributed by atoms with van der Waals surface area (Å²) in [6, 6.07) is 0. The number of rotatable bonds is 7. The molecule has 0 aliphatic heterocycles. The highest BCUT2D eigenvalue weighted by atomic mass is 15.6. The maximum Gasteiger partial charge on any atom is 0.0315 e. The zero-order valence-electron chi connectivity index (χ0n) is 7.87. The van der Waals surface area contributed by atoms with Crippen molar-refractivity contribution >= 4 is 0 Å². The summed E-state index contributed by atoms with van der Waals surface area (Å²) in [5.74, 6) is 0. The Hall–Kier alpha value is -0.860. The standard InChI is InChI=1S/C10H18N2/c1-5-8-11(4)12(9-6-2)10-7-3/h5-7H,1-3,8-10H2,4H3. The Morgan fingerprint density at radius 2 is 1.33 bits per heavy atom. The zero-order valence-corrected chi connectivity index (χ0v) is 7.87. The first-order valence-electron chi connectivity index (χ1n) is 4.05. The van der Waals surface area contributed by atoms with Crippen LogP contribution in [0.2, 0.25) is 0 Å². The van der Waals surface area contributed by atoms with Crippen molar-refractivity contribution in [2.45, 2.75) is 0 Å². The Morgan fingerprint density at radius 3 is 1.67 bits per heavy atom. The van der Waals surface area contributed by atoms with Crippen molar-refractivity contribution in [1.29, 1.82) is 0 Å². The van der Waals surface area contributed by atoms with Gasteiger partial charge in [-0.05, 0) is 0 Å². The van der Waals surface area contributed by atoms with Gasteiger partial charge in [0.2, 0.25) is 0 Å². The Balaban J connectivity index is 3.96. The van der Waals surface area contributed by atoms with Gasteiger partial charge in [0.1, 0.15) is 0 Å². The lowest BCUT2D eigenvalue weighted by atomic mass is 10.5. The summed E-state index contributed by atoms with van der Waals surface area (Å²) < 4.78 is 0. The third-order valence-corrected chi connectivity index (χ3v) is 1.56. The Labute approximate surface area is 75.4 Å². The second-order valence-electron chi connectivity index (χ2n) is 2.58. The molecule has 0 saturated heterocycles. The molecule has 0 N–H and O–H groups in total. The predicted octanol–water partition coefficient (Wildman–Crippen LogP) is 1.69. The number of likely N-dealkylation sites (N-methyl/N-ethyl adjacent to an activating group) is 1. The van der Waals surface area contributed by atoms with Crippen molar-refractivity contribution in [3.05, 3.63) is 38.0 Å². The Kier molecular flexibility index (Phi) is 6.34. The van der Waals surface area contributed by atoms with E-state index in [0.717, 1.165) is 19.6 Å². The van der Waals surface area contributed by atoms with Crippen LogP contribution in [0.5, 0.6) is 0 Å². The molecule has 0 aromatic rings. The summed E-state index contributed by atoms with van der Waals surface area (Å²) in [5.41, 5.74) is 0. The molecule has 0 aromatic carbocycles. The number of hydrogen-bond acceptors (Lipinski definition) is 2. The third kappa shape index (κ3) is 4.11. The molecule has 2 nitrogen and oxygen atoms in total. The molecule has 0 rings (SSSR count). The molecule has 0 bridgehead atoms. The van der Waals surface area contributed by atoms with Crippen molar-refractivity contribution in [2.75, 3.05) is 26.7 Å². The van der Waals surface area contributed by atoms with E-state index in [1.165, 1.54) is 0 Å². The summed E-state index contributed by atoms with van der Waals surface area (Å²) in [7, 11) is 2.02. The maximum atomic E-state index is 3.70. The molecular formula is C10H18N2. The molecule has 0 atom stereocenters. The zero-order chi connectivity index (χ0) is 9.40. The van der Waals surface area contributed by atoms with Crippen LogP contribution in [0.15, 0.2) is 38.0 Å². The van der Waals surface area contributed by atoms with Gasteiger partial charge in [0.25, 0.3) is 0 Å². The van der Waals surface area contributed by atoms with E-state index in [1.54, 1.807) is 0 Å². The second kappa shape index (κ2) is 6.83. The lowest BCUT2D eigenvalue weighted by Gasteiger charge is -2.28. The summed E-state index contributed by atoms with van der Waals surface area (Å²) >= 11 is 0. The second-order valence-corrected chi connectivity index (χ2v) is 2.58. The van der Waals surface area contributed by atoms with Crippen molar-refractivity contribution in [3.8, 4) is 0 Å². The molecule has 0 saturated carbocycles. The molecular weight excluding hydrogens is 148 g/mol. The highest BCUT2D eigenvalue weighted by molar-refractivity contribution is 4.80. The molecule has 68 valence electrons. The summed E-state index contributed by atoms with van der Waals surface area (Å²) in [6.07, 6.45) is 5.63. The van der Waals surface area contributed by atoms with Crippen LogP contribution in [0.4, 0.5) is 0 Å². The van der Waals surface area contributed by atoms with E-state index in [1.807, 2.05) is 25.3 Å². The van der Waals surface area contributed by atoms with Gasteiger partial charge < -0.3 is 0 Å². The molecule has 0 amide bonds. The smallest absolute Gasteiger partial charge is 0.0315 e. The van der Waals surface area contributed by atoms with Crippen LogP contribution < -0.4 is 0 Å². The predicted molar refractivity (Wildman–Crippen MR) is 54.8 cm³/mol. The van der Waals surface area contributed by atoms with E-state index < -0.39 is 0 Å². The molecule has 0 unspecified atom stereocenters. The lowest BCUT2D eigenvalue weighted by Crippen LogP contribution is -2.40. The van der Waals surface area contributed by atoms with Gasteiger partial charge in [0.15, 0.2) is 0 Å². The highest BCUT2D eigenvalue weighted by Crippen LogP contribution is 1.94. The quantitative estimate of drug-likeness (QED) is 0.419. The SMILES string of the molecule is C=CCN(C)N(CC=C)CC=C. The van der Waals surface area contributed by atoms with Gasteiger partial charge in [-0.25, -0.2) is 10.0 Å². The molecule has 0 fully saturated rings. The van der Waals surface area contributed by atoms with E-state index in [9.17, 15) is 0 Å². The molecule has 2 heteroatoms. The molecule has 0 spiro atoms. The van der Waals surface area contributed by atoms with Crippen molar-refractivity contribution in [1.82, 2.24) is 10.0 Å². The first-order chi connectivity index (χ1) is 5.76. The molecule has 0 radical (unpaired) electrons. The number of nitrogens with zero attached hydrogens (tertiary/aromatic N) is 2. The van der Waals surface area contributed by atoms with Crippen LogP contribution in [0, 0.1) is 0 Å². The first kappa shape index (κ1) is 11.1. The lowest BCUT2D eigenvalue weighted by molar-refractivity contribution is 0.0357. The summed E-state index contributed by atoms with van der Waals surface area (Å²) in [5, 5.41) is 4.23. The van der Waals surface area contributed by atoms with Gasteiger partial charge in [-0.2, -0.15) is 0 Å². The fourth-order valence-corrected chi connectivity index (χ4v) is 0.954. The molecule has 0 aromatic heterocycles. The van der Waals surface area contributed by atoms with Crippen LogP contribution in [-0.4, -0.2) is 36.7 Å². The van der Waals surface area contributed by atoms with Crippen molar-refractivity contribution in [3.63, 3.8) is 0 Å². The van der Waals surface area contributed by atoms with Gasteiger partial charge in [-0.15, -0.1) is 19.7 Å². The largest absolute Gasteiger partial charge is 0.240 e. The van der Waals surface area contributed by atoms with Crippen LogP contribution in [0.1, 0.15) is 0 Å². The average molecular weight is 166 g/mol.